The Morgan fingerprint density at radius 3 is 2.83 bits per heavy atom. The summed E-state index contributed by atoms with van der Waals surface area (Å²) in [5.74, 6) is 1.65. The molecule has 3 atom stereocenters. The van der Waals surface area contributed by atoms with Gasteiger partial charge in [0.15, 0.2) is 0 Å². The second-order valence-electron chi connectivity index (χ2n) is 5.56. The average molecular weight is 246 g/mol. The Kier molecular flexibility index (Phi) is 4.76. The first-order chi connectivity index (χ1) is 8.77. The van der Waals surface area contributed by atoms with Crippen LogP contribution in [0.15, 0.2) is 18.3 Å². The predicted molar refractivity (Wildman–Crippen MR) is 76.5 cm³/mol. The van der Waals surface area contributed by atoms with Crippen molar-refractivity contribution in [2.75, 3.05) is 7.05 Å². The maximum atomic E-state index is 4.45. The molecule has 0 spiro atoms. The zero-order valence-corrected chi connectivity index (χ0v) is 11.9. The van der Waals surface area contributed by atoms with Crippen molar-refractivity contribution in [3.63, 3.8) is 0 Å². The van der Waals surface area contributed by atoms with Crippen LogP contribution < -0.4 is 5.32 Å². The van der Waals surface area contributed by atoms with E-state index in [1.165, 1.54) is 43.4 Å². The molecule has 0 saturated heterocycles. The first kappa shape index (κ1) is 13.5. The summed E-state index contributed by atoms with van der Waals surface area (Å²) in [5.41, 5.74) is 2.57. The van der Waals surface area contributed by atoms with Gasteiger partial charge in [0, 0.05) is 17.9 Å². The first-order valence-electron chi connectivity index (χ1n) is 7.36. The number of pyridine rings is 1. The van der Waals surface area contributed by atoms with Crippen LogP contribution in [0.2, 0.25) is 0 Å². The summed E-state index contributed by atoms with van der Waals surface area (Å²) in [4.78, 5) is 4.45. The lowest BCUT2D eigenvalue weighted by atomic mass is 9.72. The number of aromatic nitrogens is 1. The average Bonchev–Trinajstić information content (AvgIpc) is 2.42. The molecule has 1 aromatic heterocycles. The van der Waals surface area contributed by atoms with Gasteiger partial charge in [-0.25, -0.2) is 0 Å². The number of nitrogens with one attached hydrogen (secondary N) is 1. The fourth-order valence-electron chi connectivity index (χ4n) is 3.61. The Balaban J connectivity index is 2.24. The third kappa shape index (κ3) is 2.74. The standard InChI is InChI=1S/C16H26N2/c1-4-13-8-5-6-9-15(13)16(17-3)14-10-7-11-18-12(14)2/h7,10-11,13,15-17H,4-6,8-9H2,1-3H3. The molecule has 0 bridgehead atoms. The molecule has 1 heterocycles. The molecule has 1 aliphatic carbocycles. The van der Waals surface area contributed by atoms with E-state index < -0.39 is 0 Å². The van der Waals surface area contributed by atoms with E-state index in [0.29, 0.717) is 6.04 Å². The van der Waals surface area contributed by atoms with Gasteiger partial charge in [0.1, 0.15) is 0 Å². The third-order valence-electron chi connectivity index (χ3n) is 4.61. The van der Waals surface area contributed by atoms with E-state index in [4.69, 9.17) is 0 Å². The van der Waals surface area contributed by atoms with Crippen LogP contribution in [0.3, 0.4) is 0 Å². The second-order valence-corrected chi connectivity index (χ2v) is 5.56. The largest absolute Gasteiger partial charge is 0.313 e. The predicted octanol–water partition coefficient (Wildman–Crippen LogP) is 3.87. The second kappa shape index (κ2) is 6.33. The lowest BCUT2D eigenvalue weighted by Crippen LogP contribution is -2.33. The molecule has 2 rings (SSSR count). The highest BCUT2D eigenvalue weighted by Gasteiger charge is 2.31. The van der Waals surface area contributed by atoms with Crippen molar-refractivity contribution in [1.82, 2.24) is 10.3 Å². The van der Waals surface area contributed by atoms with Crippen molar-refractivity contribution < 1.29 is 0 Å². The minimum absolute atomic E-state index is 0.476. The Labute approximate surface area is 111 Å². The lowest BCUT2D eigenvalue weighted by Gasteiger charge is -2.37. The minimum atomic E-state index is 0.476. The number of hydrogen-bond acceptors (Lipinski definition) is 2. The third-order valence-corrected chi connectivity index (χ3v) is 4.61. The van der Waals surface area contributed by atoms with Crippen molar-refractivity contribution in [2.45, 2.75) is 52.0 Å². The maximum Gasteiger partial charge on any atom is 0.0420 e. The van der Waals surface area contributed by atoms with E-state index in [0.717, 1.165) is 11.8 Å². The van der Waals surface area contributed by atoms with Gasteiger partial charge in [-0.05, 0) is 43.9 Å². The van der Waals surface area contributed by atoms with E-state index >= 15 is 0 Å². The van der Waals surface area contributed by atoms with Gasteiger partial charge in [-0.1, -0.05) is 38.7 Å². The fourth-order valence-corrected chi connectivity index (χ4v) is 3.61. The van der Waals surface area contributed by atoms with Gasteiger partial charge in [-0.3, -0.25) is 4.98 Å². The molecule has 1 saturated carbocycles. The number of rotatable bonds is 4. The molecule has 1 fully saturated rings. The Morgan fingerprint density at radius 1 is 1.39 bits per heavy atom. The number of nitrogens with zero attached hydrogens (tertiary/aromatic N) is 1. The zero-order valence-electron chi connectivity index (χ0n) is 11.9. The summed E-state index contributed by atoms with van der Waals surface area (Å²) in [6.07, 6.45) is 8.76. The molecule has 1 aromatic rings. The molecule has 0 amide bonds. The monoisotopic (exact) mass is 246 g/mol. The molecule has 0 radical (unpaired) electrons. The quantitative estimate of drug-likeness (QED) is 0.872. The van der Waals surface area contributed by atoms with Crippen molar-refractivity contribution in [2.24, 2.45) is 11.8 Å². The molecular formula is C16H26N2. The zero-order chi connectivity index (χ0) is 13.0. The van der Waals surface area contributed by atoms with Crippen LogP contribution in [0.5, 0.6) is 0 Å². The van der Waals surface area contributed by atoms with Crippen LogP contribution in [-0.2, 0) is 0 Å². The van der Waals surface area contributed by atoms with Gasteiger partial charge >= 0.3 is 0 Å². The first-order valence-corrected chi connectivity index (χ1v) is 7.36. The fraction of sp³-hybridized carbons (Fsp3) is 0.688. The summed E-state index contributed by atoms with van der Waals surface area (Å²) in [5, 5.41) is 3.55. The summed E-state index contributed by atoms with van der Waals surface area (Å²) in [6.45, 7) is 4.47. The number of aryl methyl sites for hydroxylation is 1. The van der Waals surface area contributed by atoms with Gasteiger partial charge in [-0.15, -0.1) is 0 Å². The molecular weight excluding hydrogens is 220 g/mol. The minimum Gasteiger partial charge on any atom is -0.313 e. The van der Waals surface area contributed by atoms with Crippen LogP contribution in [0.4, 0.5) is 0 Å². The van der Waals surface area contributed by atoms with E-state index in [1.807, 2.05) is 6.20 Å². The summed E-state index contributed by atoms with van der Waals surface area (Å²) in [7, 11) is 2.10. The molecule has 100 valence electrons. The van der Waals surface area contributed by atoms with Gasteiger partial charge in [0.2, 0.25) is 0 Å². The molecule has 2 nitrogen and oxygen atoms in total. The van der Waals surface area contributed by atoms with Crippen molar-refractivity contribution in [3.8, 4) is 0 Å². The lowest BCUT2D eigenvalue weighted by molar-refractivity contribution is 0.180. The SMILES string of the molecule is CCC1CCCCC1C(NC)c1cccnc1C. The highest BCUT2D eigenvalue weighted by molar-refractivity contribution is 5.23. The van der Waals surface area contributed by atoms with Gasteiger partial charge in [0.05, 0.1) is 0 Å². The molecule has 3 unspecified atom stereocenters. The maximum absolute atomic E-state index is 4.45. The molecule has 0 aromatic carbocycles. The van der Waals surface area contributed by atoms with Gasteiger partial charge in [-0.2, -0.15) is 0 Å². The van der Waals surface area contributed by atoms with Crippen molar-refractivity contribution >= 4 is 0 Å². The normalized spacial score (nSPS) is 25.9. The van der Waals surface area contributed by atoms with Crippen molar-refractivity contribution in [3.05, 3.63) is 29.6 Å². The highest BCUT2D eigenvalue weighted by Crippen LogP contribution is 2.40. The summed E-state index contributed by atoms with van der Waals surface area (Å²) in [6, 6.07) is 4.78. The van der Waals surface area contributed by atoms with Gasteiger partial charge in [0.25, 0.3) is 0 Å². The van der Waals surface area contributed by atoms with Crippen LogP contribution in [0.25, 0.3) is 0 Å². The van der Waals surface area contributed by atoms with E-state index in [2.05, 4.69) is 43.3 Å². The Hall–Kier alpha value is -0.890. The molecule has 18 heavy (non-hydrogen) atoms. The van der Waals surface area contributed by atoms with E-state index in [9.17, 15) is 0 Å². The van der Waals surface area contributed by atoms with E-state index in [1.54, 1.807) is 0 Å². The van der Waals surface area contributed by atoms with Crippen LogP contribution in [0.1, 0.15) is 56.3 Å². The Bertz CT molecular complexity index is 375. The number of hydrogen-bond donors (Lipinski definition) is 1. The molecule has 2 heteroatoms. The van der Waals surface area contributed by atoms with Gasteiger partial charge < -0.3 is 5.32 Å². The van der Waals surface area contributed by atoms with Crippen molar-refractivity contribution in [1.29, 1.82) is 0 Å². The molecule has 0 aliphatic heterocycles. The van der Waals surface area contributed by atoms with Crippen LogP contribution in [-0.4, -0.2) is 12.0 Å². The van der Waals surface area contributed by atoms with Crippen LogP contribution >= 0.6 is 0 Å². The Morgan fingerprint density at radius 2 is 2.17 bits per heavy atom. The van der Waals surface area contributed by atoms with E-state index in [-0.39, 0.29) is 0 Å². The van der Waals surface area contributed by atoms with Crippen LogP contribution in [0, 0.1) is 18.8 Å². The highest BCUT2D eigenvalue weighted by atomic mass is 14.9. The summed E-state index contributed by atoms with van der Waals surface area (Å²) < 4.78 is 0. The topological polar surface area (TPSA) is 24.9 Å². The molecule has 1 aliphatic rings. The summed E-state index contributed by atoms with van der Waals surface area (Å²) >= 11 is 0. The smallest absolute Gasteiger partial charge is 0.0420 e. The molecule has 1 N–H and O–H groups in total.